The quantitative estimate of drug-likeness (QED) is 0.474. The van der Waals surface area contributed by atoms with Gasteiger partial charge in [0, 0.05) is 22.8 Å². The minimum absolute atomic E-state index is 0.182. The molecule has 0 unspecified atom stereocenters. The summed E-state index contributed by atoms with van der Waals surface area (Å²) < 4.78 is 4.89. The minimum Gasteiger partial charge on any atom is -0.466 e. The highest BCUT2D eigenvalue weighted by atomic mass is 35.5. The molecule has 0 amide bonds. The normalized spacial score (nSPS) is 13.5. The van der Waals surface area contributed by atoms with Gasteiger partial charge in [-0.3, -0.25) is 4.79 Å². The van der Waals surface area contributed by atoms with Gasteiger partial charge in [0.25, 0.3) is 0 Å². The number of carbonyl (C=O) groups excluding carboxylic acids is 1. The van der Waals surface area contributed by atoms with Crippen molar-refractivity contribution in [1.82, 2.24) is 4.98 Å². The molecular weight excluding hydrogens is 294 g/mol. The van der Waals surface area contributed by atoms with Crippen LogP contribution in [0.5, 0.6) is 0 Å². The van der Waals surface area contributed by atoms with E-state index in [1.807, 2.05) is 6.07 Å². The Labute approximate surface area is 128 Å². The molecule has 1 aliphatic carbocycles. The molecule has 0 aliphatic heterocycles. The average Bonchev–Trinajstić information content (AvgIpc) is 3.24. The molecule has 1 aliphatic rings. The summed E-state index contributed by atoms with van der Waals surface area (Å²) in [5, 5.41) is 0.578. The fourth-order valence-electron chi connectivity index (χ4n) is 1.50. The predicted molar refractivity (Wildman–Crippen MR) is 80.8 cm³/mol. The van der Waals surface area contributed by atoms with Gasteiger partial charge in [0.15, 0.2) is 0 Å². The molecule has 0 bridgehead atoms. The third-order valence-electron chi connectivity index (χ3n) is 2.69. The summed E-state index contributed by atoms with van der Waals surface area (Å²) in [6, 6.07) is 1.85. The van der Waals surface area contributed by atoms with Crippen molar-refractivity contribution in [2.75, 3.05) is 12.4 Å². The van der Waals surface area contributed by atoms with Crippen molar-refractivity contribution < 1.29 is 9.53 Å². The molecule has 1 saturated carbocycles. The Kier molecular flexibility index (Phi) is 5.75. The van der Waals surface area contributed by atoms with Gasteiger partial charge in [-0.25, -0.2) is 4.98 Å². The molecule has 1 aromatic heterocycles. The van der Waals surface area contributed by atoms with Crippen LogP contribution in [0.1, 0.15) is 31.9 Å². The SMILES string of the molecule is CCOC(=O)CCSc1ccnc(C#CC2CC2)c1Cl. The zero-order valence-corrected chi connectivity index (χ0v) is 12.9. The molecule has 0 saturated heterocycles. The summed E-state index contributed by atoms with van der Waals surface area (Å²) in [6.07, 6.45) is 4.44. The summed E-state index contributed by atoms with van der Waals surface area (Å²) >= 11 is 7.81. The van der Waals surface area contributed by atoms with E-state index in [-0.39, 0.29) is 5.97 Å². The van der Waals surface area contributed by atoms with Gasteiger partial charge >= 0.3 is 5.97 Å². The van der Waals surface area contributed by atoms with Crippen LogP contribution < -0.4 is 0 Å². The van der Waals surface area contributed by atoms with E-state index in [0.29, 0.717) is 35.4 Å². The lowest BCUT2D eigenvalue weighted by molar-refractivity contribution is -0.142. The standard InChI is InChI=1S/C15H16ClNO2S/c1-2-19-14(18)8-10-20-13-7-9-17-12(15(13)16)6-5-11-3-4-11/h7,9,11H,2-4,8,10H2,1H3. The van der Waals surface area contributed by atoms with Crippen molar-refractivity contribution in [1.29, 1.82) is 0 Å². The van der Waals surface area contributed by atoms with Crippen LogP contribution in [0.15, 0.2) is 17.2 Å². The highest BCUT2D eigenvalue weighted by Gasteiger charge is 2.18. The summed E-state index contributed by atoms with van der Waals surface area (Å²) in [5.74, 6) is 7.17. The molecule has 5 heteroatoms. The monoisotopic (exact) mass is 309 g/mol. The lowest BCUT2D eigenvalue weighted by Gasteiger charge is -2.05. The van der Waals surface area contributed by atoms with Gasteiger partial charge in [-0.2, -0.15) is 0 Å². The third-order valence-corrected chi connectivity index (χ3v) is 4.25. The lowest BCUT2D eigenvalue weighted by Crippen LogP contribution is -2.04. The van der Waals surface area contributed by atoms with Crippen LogP contribution in [0, 0.1) is 17.8 Å². The van der Waals surface area contributed by atoms with Gasteiger partial charge in [0.2, 0.25) is 0 Å². The number of thioether (sulfide) groups is 1. The van der Waals surface area contributed by atoms with Crippen LogP contribution in [-0.4, -0.2) is 23.3 Å². The lowest BCUT2D eigenvalue weighted by atomic mass is 10.3. The number of hydrogen-bond acceptors (Lipinski definition) is 4. The smallest absolute Gasteiger partial charge is 0.306 e. The molecule has 0 aromatic carbocycles. The van der Waals surface area contributed by atoms with Gasteiger partial charge < -0.3 is 4.74 Å². The van der Waals surface area contributed by atoms with Crippen LogP contribution in [0.3, 0.4) is 0 Å². The second kappa shape index (κ2) is 7.56. The minimum atomic E-state index is -0.182. The second-order valence-corrected chi connectivity index (χ2v) is 5.93. The summed E-state index contributed by atoms with van der Waals surface area (Å²) in [7, 11) is 0. The first-order valence-corrected chi connectivity index (χ1v) is 8.01. The fourth-order valence-corrected chi connectivity index (χ4v) is 2.69. The van der Waals surface area contributed by atoms with Gasteiger partial charge in [-0.1, -0.05) is 17.5 Å². The first-order valence-electron chi connectivity index (χ1n) is 6.65. The van der Waals surface area contributed by atoms with E-state index < -0.39 is 0 Å². The maximum absolute atomic E-state index is 11.3. The Balaban J connectivity index is 1.93. The Morgan fingerprint density at radius 2 is 2.40 bits per heavy atom. The number of halogens is 1. The molecule has 0 N–H and O–H groups in total. The number of esters is 1. The Hall–Kier alpha value is -1.18. The molecule has 0 atom stereocenters. The molecule has 1 aromatic rings. The number of aromatic nitrogens is 1. The predicted octanol–water partition coefficient (Wildman–Crippen LogP) is 3.54. The van der Waals surface area contributed by atoms with Crippen LogP contribution >= 0.6 is 23.4 Å². The van der Waals surface area contributed by atoms with E-state index in [9.17, 15) is 4.79 Å². The number of pyridine rings is 1. The molecule has 1 heterocycles. The van der Waals surface area contributed by atoms with Crippen molar-refractivity contribution in [3.63, 3.8) is 0 Å². The fraction of sp³-hybridized carbons (Fsp3) is 0.467. The second-order valence-electron chi connectivity index (χ2n) is 4.42. The van der Waals surface area contributed by atoms with Crippen molar-refractivity contribution >= 4 is 29.3 Å². The molecule has 0 radical (unpaired) electrons. The highest BCUT2D eigenvalue weighted by Crippen LogP contribution is 2.30. The maximum atomic E-state index is 11.3. The number of rotatable bonds is 5. The molecular formula is C15H16ClNO2S. The van der Waals surface area contributed by atoms with E-state index in [1.54, 1.807) is 13.1 Å². The first-order chi connectivity index (χ1) is 9.70. The molecule has 20 heavy (non-hydrogen) atoms. The zero-order chi connectivity index (χ0) is 14.4. The van der Waals surface area contributed by atoms with Crippen LogP contribution in [0.25, 0.3) is 0 Å². The van der Waals surface area contributed by atoms with Crippen LogP contribution in [0.2, 0.25) is 5.02 Å². The molecule has 1 fully saturated rings. The van der Waals surface area contributed by atoms with Crippen LogP contribution in [0.4, 0.5) is 0 Å². The third kappa shape index (κ3) is 4.73. The molecule has 0 spiro atoms. The average molecular weight is 310 g/mol. The van der Waals surface area contributed by atoms with Gasteiger partial charge in [-0.05, 0) is 31.8 Å². The van der Waals surface area contributed by atoms with Crippen molar-refractivity contribution in [3.8, 4) is 11.8 Å². The maximum Gasteiger partial charge on any atom is 0.306 e. The Morgan fingerprint density at radius 3 is 3.10 bits per heavy atom. The Bertz CT molecular complexity index is 547. The van der Waals surface area contributed by atoms with Gasteiger partial charge in [-0.15, -0.1) is 11.8 Å². The van der Waals surface area contributed by atoms with Crippen LogP contribution in [-0.2, 0) is 9.53 Å². The number of ether oxygens (including phenoxy) is 1. The molecule has 3 nitrogen and oxygen atoms in total. The van der Waals surface area contributed by atoms with Crippen molar-refractivity contribution in [3.05, 3.63) is 23.0 Å². The molecule has 2 rings (SSSR count). The zero-order valence-electron chi connectivity index (χ0n) is 11.3. The van der Waals surface area contributed by atoms with Gasteiger partial charge in [0.05, 0.1) is 18.1 Å². The van der Waals surface area contributed by atoms with E-state index in [4.69, 9.17) is 16.3 Å². The number of carbonyl (C=O) groups is 1. The van der Waals surface area contributed by atoms with Gasteiger partial charge in [0.1, 0.15) is 5.69 Å². The highest BCUT2D eigenvalue weighted by molar-refractivity contribution is 7.99. The van der Waals surface area contributed by atoms with E-state index in [1.165, 1.54) is 24.6 Å². The largest absolute Gasteiger partial charge is 0.466 e. The van der Waals surface area contributed by atoms with Crippen molar-refractivity contribution in [2.45, 2.75) is 31.1 Å². The van der Waals surface area contributed by atoms with E-state index >= 15 is 0 Å². The summed E-state index contributed by atoms with van der Waals surface area (Å²) in [4.78, 5) is 16.4. The topological polar surface area (TPSA) is 39.2 Å². The van der Waals surface area contributed by atoms with E-state index in [0.717, 1.165) is 4.90 Å². The molecule has 106 valence electrons. The summed E-state index contributed by atoms with van der Waals surface area (Å²) in [6.45, 7) is 2.22. The number of nitrogens with zero attached hydrogens (tertiary/aromatic N) is 1. The number of hydrogen-bond donors (Lipinski definition) is 0. The summed E-state index contributed by atoms with van der Waals surface area (Å²) in [5.41, 5.74) is 0.625. The first kappa shape index (κ1) is 15.2. The Morgan fingerprint density at radius 1 is 1.60 bits per heavy atom. The van der Waals surface area contributed by atoms with Crippen molar-refractivity contribution in [2.24, 2.45) is 5.92 Å². The van der Waals surface area contributed by atoms with E-state index in [2.05, 4.69) is 16.8 Å².